The first-order valence-corrected chi connectivity index (χ1v) is 8.94. The Bertz CT molecular complexity index is 860. The van der Waals surface area contributed by atoms with Crippen LogP contribution in [-0.4, -0.2) is 52.5 Å². The molecule has 0 N–H and O–H groups in total. The molecule has 1 fully saturated rings. The molecule has 3 aromatic rings. The van der Waals surface area contributed by atoms with Crippen LogP contribution in [0.5, 0.6) is 0 Å². The summed E-state index contributed by atoms with van der Waals surface area (Å²) >= 11 is 0. The van der Waals surface area contributed by atoms with Crippen molar-refractivity contribution >= 4 is 11.3 Å². The van der Waals surface area contributed by atoms with E-state index in [0.29, 0.717) is 6.04 Å². The SMILES string of the molecule is Cc1c(-c2ccccc2)nc(N2CCC(N(C)C)CC2)c2cncn12. The molecule has 5 nitrogen and oxygen atoms in total. The summed E-state index contributed by atoms with van der Waals surface area (Å²) in [4.78, 5) is 14.2. The summed E-state index contributed by atoms with van der Waals surface area (Å²) in [6, 6.07) is 11.1. The van der Waals surface area contributed by atoms with Gasteiger partial charge in [0.25, 0.3) is 0 Å². The monoisotopic (exact) mass is 335 g/mol. The van der Waals surface area contributed by atoms with Crippen LogP contribution in [0.1, 0.15) is 18.5 Å². The molecular weight excluding hydrogens is 310 g/mol. The van der Waals surface area contributed by atoms with E-state index in [1.807, 2.05) is 18.6 Å². The highest BCUT2D eigenvalue weighted by Crippen LogP contribution is 2.30. The van der Waals surface area contributed by atoms with Crippen molar-refractivity contribution in [1.29, 1.82) is 0 Å². The minimum atomic E-state index is 0.663. The molecule has 5 heteroatoms. The third-order valence-electron chi connectivity index (χ3n) is 5.33. The van der Waals surface area contributed by atoms with E-state index in [0.717, 1.165) is 41.4 Å². The van der Waals surface area contributed by atoms with Gasteiger partial charge in [-0.3, -0.25) is 4.40 Å². The molecule has 0 saturated carbocycles. The van der Waals surface area contributed by atoms with E-state index in [4.69, 9.17) is 4.98 Å². The lowest BCUT2D eigenvalue weighted by atomic mass is 10.0. The second kappa shape index (κ2) is 6.48. The van der Waals surface area contributed by atoms with Gasteiger partial charge >= 0.3 is 0 Å². The highest BCUT2D eigenvalue weighted by atomic mass is 15.2. The maximum Gasteiger partial charge on any atom is 0.155 e. The first kappa shape index (κ1) is 16.1. The molecule has 4 rings (SSSR count). The molecule has 130 valence electrons. The number of hydrogen-bond donors (Lipinski definition) is 0. The van der Waals surface area contributed by atoms with E-state index in [1.165, 1.54) is 12.8 Å². The van der Waals surface area contributed by atoms with Crippen molar-refractivity contribution in [2.45, 2.75) is 25.8 Å². The Morgan fingerprint density at radius 3 is 2.48 bits per heavy atom. The van der Waals surface area contributed by atoms with Gasteiger partial charge in [0, 0.05) is 30.4 Å². The van der Waals surface area contributed by atoms with Crippen LogP contribution in [0.3, 0.4) is 0 Å². The highest BCUT2D eigenvalue weighted by Gasteiger charge is 2.24. The van der Waals surface area contributed by atoms with Crippen LogP contribution in [0.2, 0.25) is 0 Å². The molecule has 2 aromatic heterocycles. The van der Waals surface area contributed by atoms with Crippen molar-refractivity contribution in [2.24, 2.45) is 0 Å². The Hall–Kier alpha value is -2.40. The van der Waals surface area contributed by atoms with Crippen LogP contribution in [0.25, 0.3) is 16.8 Å². The number of fused-ring (bicyclic) bond motifs is 1. The zero-order valence-corrected chi connectivity index (χ0v) is 15.2. The Labute approximate surface area is 148 Å². The minimum Gasteiger partial charge on any atom is -0.355 e. The summed E-state index contributed by atoms with van der Waals surface area (Å²) in [6.07, 6.45) is 6.17. The molecule has 0 amide bonds. The predicted octanol–water partition coefficient (Wildman–Crippen LogP) is 3.24. The van der Waals surface area contributed by atoms with Gasteiger partial charge in [0.1, 0.15) is 5.52 Å². The molecule has 25 heavy (non-hydrogen) atoms. The first-order valence-electron chi connectivity index (χ1n) is 8.94. The van der Waals surface area contributed by atoms with E-state index in [-0.39, 0.29) is 0 Å². The summed E-state index contributed by atoms with van der Waals surface area (Å²) in [5.41, 5.74) is 4.42. The summed E-state index contributed by atoms with van der Waals surface area (Å²) in [5, 5.41) is 0. The number of aryl methyl sites for hydroxylation is 1. The summed E-state index contributed by atoms with van der Waals surface area (Å²) in [7, 11) is 4.35. The zero-order valence-electron chi connectivity index (χ0n) is 15.2. The highest BCUT2D eigenvalue weighted by molar-refractivity contribution is 5.74. The van der Waals surface area contributed by atoms with E-state index in [2.05, 4.69) is 64.5 Å². The van der Waals surface area contributed by atoms with Gasteiger partial charge in [0.2, 0.25) is 0 Å². The van der Waals surface area contributed by atoms with Crippen molar-refractivity contribution in [1.82, 2.24) is 19.3 Å². The average molecular weight is 335 g/mol. The van der Waals surface area contributed by atoms with E-state index in [9.17, 15) is 0 Å². The maximum atomic E-state index is 5.09. The minimum absolute atomic E-state index is 0.663. The molecule has 3 heterocycles. The van der Waals surface area contributed by atoms with Crippen LogP contribution in [0, 0.1) is 6.92 Å². The van der Waals surface area contributed by atoms with Crippen LogP contribution < -0.4 is 4.90 Å². The van der Waals surface area contributed by atoms with Gasteiger partial charge < -0.3 is 9.80 Å². The van der Waals surface area contributed by atoms with E-state index < -0.39 is 0 Å². The molecular formula is C20H25N5. The molecule has 1 aliphatic heterocycles. The Balaban J connectivity index is 1.77. The predicted molar refractivity (Wildman–Crippen MR) is 102 cm³/mol. The third kappa shape index (κ3) is 2.89. The maximum absolute atomic E-state index is 5.09. The normalized spacial score (nSPS) is 16.1. The lowest BCUT2D eigenvalue weighted by molar-refractivity contribution is 0.249. The lowest BCUT2D eigenvalue weighted by Gasteiger charge is -2.36. The van der Waals surface area contributed by atoms with Crippen molar-refractivity contribution in [3.63, 3.8) is 0 Å². The molecule has 0 atom stereocenters. The van der Waals surface area contributed by atoms with Crippen molar-refractivity contribution in [2.75, 3.05) is 32.1 Å². The quantitative estimate of drug-likeness (QED) is 0.736. The van der Waals surface area contributed by atoms with Gasteiger partial charge in [0.05, 0.1) is 18.2 Å². The van der Waals surface area contributed by atoms with E-state index >= 15 is 0 Å². The number of imidazole rings is 1. The summed E-state index contributed by atoms with van der Waals surface area (Å²) in [6.45, 7) is 4.19. The molecule has 0 radical (unpaired) electrons. The zero-order chi connectivity index (χ0) is 17.4. The smallest absolute Gasteiger partial charge is 0.155 e. The van der Waals surface area contributed by atoms with Crippen LogP contribution >= 0.6 is 0 Å². The number of aromatic nitrogens is 3. The van der Waals surface area contributed by atoms with Crippen LogP contribution in [-0.2, 0) is 0 Å². The molecule has 1 saturated heterocycles. The second-order valence-electron chi connectivity index (χ2n) is 7.07. The van der Waals surface area contributed by atoms with Gasteiger partial charge in [-0.2, -0.15) is 0 Å². The number of hydrogen-bond acceptors (Lipinski definition) is 4. The number of rotatable bonds is 3. The van der Waals surface area contributed by atoms with Gasteiger partial charge in [-0.1, -0.05) is 30.3 Å². The fourth-order valence-corrected chi connectivity index (χ4v) is 3.78. The number of benzene rings is 1. The topological polar surface area (TPSA) is 36.7 Å². The fourth-order valence-electron chi connectivity index (χ4n) is 3.78. The molecule has 0 bridgehead atoms. The Kier molecular flexibility index (Phi) is 4.17. The van der Waals surface area contributed by atoms with Crippen LogP contribution in [0.15, 0.2) is 42.9 Å². The average Bonchev–Trinajstić information content (AvgIpc) is 3.13. The molecule has 0 spiro atoms. The van der Waals surface area contributed by atoms with Gasteiger partial charge in [-0.15, -0.1) is 0 Å². The van der Waals surface area contributed by atoms with E-state index in [1.54, 1.807) is 0 Å². The molecule has 1 aromatic carbocycles. The van der Waals surface area contributed by atoms with Crippen molar-refractivity contribution in [3.8, 4) is 11.3 Å². The number of anilines is 1. The summed E-state index contributed by atoms with van der Waals surface area (Å²) < 4.78 is 2.17. The second-order valence-corrected chi connectivity index (χ2v) is 7.07. The molecule has 0 aliphatic carbocycles. The Morgan fingerprint density at radius 1 is 1.08 bits per heavy atom. The largest absolute Gasteiger partial charge is 0.355 e. The van der Waals surface area contributed by atoms with Gasteiger partial charge in [0.15, 0.2) is 5.82 Å². The lowest BCUT2D eigenvalue weighted by Crippen LogP contribution is -2.42. The van der Waals surface area contributed by atoms with Crippen molar-refractivity contribution < 1.29 is 0 Å². The van der Waals surface area contributed by atoms with Crippen LogP contribution in [0.4, 0.5) is 5.82 Å². The molecule has 0 unspecified atom stereocenters. The van der Waals surface area contributed by atoms with Gasteiger partial charge in [-0.05, 0) is 33.9 Å². The first-order chi connectivity index (χ1) is 12.1. The standard InChI is InChI=1S/C20H25N5/c1-15-19(16-7-5-4-6-8-16)22-20(18-13-21-14-25(15)18)24-11-9-17(10-12-24)23(2)3/h4-8,13-14,17H,9-12H2,1-3H3. The number of nitrogens with zero attached hydrogens (tertiary/aromatic N) is 5. The van der Waals surface area contributed by atoms with Crippen molar-refractivity contribution in [3.05, 3.63) is 48.5 Å². The third-order valence-corrected chi connectivity index (χ3v) is 5.33. The fraction of sp³-hybridized carbons (Fsp3) is 0.400. The molecule has 1 aliphatic rings. The van der Waals surface area contributed by atoms with Gasteiger partial charge in [-0.25, -0.2) is 9.97 Å². The number of piperidine rings is 1. The Morgan fingerprint density at radius 2 is 1.80 bits per heavy atom. The summed E-state index contributed by atoms with van der Waals surface area (Å²) in [5.74, 6) is 1.05.